The van der Waals surface area contributed by atoms with Gasteiger partial charge >= 0.3 is 0 Å². The summed E-state index contributed by atoms with van der Waals surface area (Å²) in [7, 11) is -3.24. The summed E-state index contributed by atoms with van der Waals surface area (Å²) in [6.45, 7) is 0. The monoisotopic (exact) mass is 383 g/mol. The lowest BCUT2D eigenvalue weighted by Crippen LogP contribution is -2.10. The Kier molecular flexibility index (Phi) is 4.59. The van der Waals surface area contributed by atoms with Gasteiger partial charge in [-0.25, -0.2) is 8.42 Å². The van der Waals surface area contributed by atoms with Crippen LogP contribution in [0, 0.1) is 0 Å². The normalized spacial score (nSPS) is 16.4. The molecule has 0 saturated carbocycles. The maximum Gasteiger partial charge on any atom is 0.229 e. The molecular formula is C21H21NO2S2. The Labute approximate surface area is 158 Å². The van der Waals surface area contributed by atoms with E-state index in [1.807, 2.05) is 35.6 Å². The second-order valence-corrected chi connectivity index (χ2v) is 9.57. The van der Waals surface area contributed by atoms with Gasteiger partial charge in [0.05, 0.1) is 6.26 Å². The highest BCUT2D eigenvalue weighted by Gasteiger charge is 2.24. The molecule has 0 aliphatic heterocycles. The van der Waals surface area contributed by atoms with E-state index in [0.29, 0.717) is 11.6 Å². The Hall–Kier alpha value is -2.11. The van der Waals surface area contributed by atoms with Crippen molar-refractivity contribution in [3.05, 3.63) is 87.1 Å². The highest BCUT2D eigenvalue weighted by Crippen LogP contribution is 2.38. The van der Waals surface area contributed by atoms with Crippen LogP contribution in [0.15, 0.2) is 60.0 Å². The van der Waals surface area contributed by atoms with Crippen LogP contribution < -0.4 is 4.72 Å². The van der Waals surface area contributed by atoms with Crippen molar-refractivity contribution in [3.8, 4) is 0 Å². The van der Waals surface area contributed by atoms with Crippen molar-refractivity contribution in [2.75, 3.05) is 11.0 Å². The zero-order valence-corrected chi connectivity index (χ0v) is 16.2. The van der Waals surface area contributed by atoms with Crippen molar-refractivity contribution < 1.29 is 8.42 Å². The largest absolute Gasteiger partial charge is 0.284 e. The highest BCUT2D eigenvalue weighted by atomic mass is 32.2. The lowest BCUT2D eigenvalue weighted by atomic mass is 9.85. The fourth-order valence-electron chi connectivity index (χ4n) is 3.76. The third-order valence-electron chi connectivity index (χ3n) is 4.90. The van der Waals surface area contributed by atoms with Gasteiger partial charge < -0.3 is 0 Å². The van der Waals surface area contributed by atoms with E-state index in [-0.39, 0.29) is 0 Å². The van der Waals surface area contributed by atoms with E-state index in [1.165, 1.54) is 33.4 Å². The number of fused-ring (bicyclic) bond motifs is 2. The van der Waals surface area contributed by atoms with Gasteiger partial charge in [-0.15, -0.1) is 11.3 Å². The van der Waals surface area contributed by atoms with Crippen molar-refractivity contribution in [2.45, 2.75) is 25.2 Å². The standard InChI is InChI=1S/C21H21NO2S2/c1-26(23,24)22-17-9-6-15(7-10-17)14-20-18-5-3-2-4-16(18)8-11-21-19(20)12-13-25-21/h2-7,9-10,12-13,20,22H,8,11,14H2,1H3. The van der Waals surface area contributed by atoms with Gasteiger partial charge in [0.15, 0.2) is 0 Å². The maximum absolute atomic E-state index is 11.4. The van der Waals surface area contributed by atoms with Gasteiger partial charge in [-0.2, -0.15) is 0 Å². The van der Waals surface area contributed by atoms with Gasteiger partial charge in [-0.3, -0.25) is 4.72 Å². The molecule has 1 unspecified atom stereocenters. The van der Waals surface area contributed by atoms with Gasteiger partial charge in [0.2, 0.25) is 10.0 Å². The van der Waals surface area contributed by atoms with Crippen LogP contribution in [-0.2, 0) is 29.3 Å². The van der Waals surface area contributed by atoms with Crippen LogP contribution in [0.25, 0.3) is 0 Å². The number of sulfonamides is 1. The number of benzene rings is 2. The predicted octanol–water partition coefficient (Wildman–Crippen LogP) is 4.59. The van der Waals surface area contributed by atoms with Crippen LogP contribution in [0.1, 0.15) is 33.0 Å². The van der Waals surface area contributed by atoms with Gasteiger partial charge in [-0.1, -0.05) is 36.4 Å². The fraction of sp³-hybridized carbons (Fsp3) is 0.238. The zero-order chi connectivity index (χ0) is 18.1. The average molecular weight is 384 g/mol. The smallest absolute Gasteiger partial charge is 0.229 e. The molecule has 0 saturated heterocycles. The molecule has 3 aromatic rings. The molecule has 0 radical (unpaired) electrons. The third kappa shape index (κ3) is 3.69. The van der Waals surface area contributed by atoms with Crippen molar-refractivity contribution in [2.24, 2.45) is 0 Å². The lowest BCUT2D eigenvalue weighted by molar-refractivity contribution is 0.607. The second kappa shape index (κ2) is 6.89. The molecule has 2 aromatic carbocycles. The molecule has 0 bridgehead atoms. The fourth-order valence-corrected chi connectivity index (χ4v) is 5.27. The van der Waals surface area contributed by atoms with Crippen molar-refractivity contribution in [1.82, 2.24) is 0 Å². The second-order valence-electron chi connectivity index (χ2n) is 6.83. The highest BCUT2D eigenvalue weighted by molar-refractivity contribution is 7.92. The molecule has 0 amide bonds. The number of hydrogen-bond donors (Lipinski definition) is 1. The van der Waals surface area contributed by atoms with Crippen LogP contribution in [0.4, 0.5) is 5.69 Å². The molecule has 26 heavy (non-hydrogen) atoms. The maximum atomic E-state index is 11.4. The van der Waals surface area contributed by atoms with E-state index in [9.17, 15) is 8.42 Å². The molecule has 5 heteroatoms. The minimum atomic E-state index is -3.24. The van der Waals surface area contributed by atoms with Crippen molar-refractivity contribution >= 4 is 27.0 Å². The summed E-state index contributed by atoms with van der Waals surface area (Å²) in [6, 6.07) is 18.8. The van der Waals surface area contributed by atoms with Gasteiger partial charge in [-0.05, 0) is 65.1 Å². The number of rotatable bonds is 4. The molecule has 0 fully saturated rings. The number of hydrogen-bond acceptors (Lipinski definition) is 3. The lowest BCUT2D eigenvalue weighted by Gasteiger charge is -2.19. The van der Waals surface area contributed by atoms with Gasteiger partial charge in [0, 0.05) is 16.5 Å². The summed E-state index contributed by atoms with van der Waals surface area (Å²) >= 11 is 1.86. The first kappa shape index (κ1) is 17.3. The molecule has 1 N–H and O–H groups in total. The molecule has 1 heterocycles. The molecule has 0 spiro atoms. The predicted molar refractivity (Wildman–Crippen MR) is 109 cm³/mol. The topological polar surface area (TPSA) is 46.2 Å². The first-order valence-electron chi connectivity index (χ1n) is 8.70. The molecular weight excluding hydrogens is 362 g/mol. The number of aryl methyl sites for hydroxylation is 2. The molecule has 3 nitrogen and oxygen atoms in total. The number of thiophene rings is 1. The summed E-state index contributed by atoms with van der Waals surface area (Å²) in [5.41, 5.74) is 6.12. The minimum Gasteiger partial charge on any atom is -0.284 e. The van der Waals surface area contributed by atoms with Crippen LogP contribution in [0.3, 0.4) is 0 Å². The first-order chi connectivity index (χ1) is 12.5. The Morgan fingerprint density at radius 1 is 1.00 bits per heavy atom. The van der Waals surface area contributed by atoms with E-state index in [2.05, 4.69) is 40.4 Å². The third-order valence-corrected chi connectivity index (χ3v) is 6.51. The van der Waals surface area contributed by atoms with Gasteiger partial charge in [0.25, 0.3) is 0 Å². The molecule has 4 rings (SSSR count). The molecule has 1 atom stereocenters. The number of nitrogens with one attached hydrogen (secondary N) is 1. The Morgan fingerprint density at radius 2 is 1.77 bits per heavy atom. The SMILES string of the molecule is CS(=O)(=O)Nc1ccc(CC2c3ccccc3CCc3sccc32)cc1. The van der Waals surface area contributed by atoms with E-state index in [4.69, 9.17) is 0 Å². The van der Waals surface area contributed by atoms with E-state index in [1.54, 1.807) is 0 Å². The molecule has 134 valence electrons. The summed E-state index contributed by atoms with van der Waals surface area (Å²) in [5.74, 6) is 0.351. The molecule has 1 aliphatic rings. The Bertz CT molecular complexity index is 1020. The summed E-state index contributed by atoms with van der Waals surface area (Å²) in [6.07, 6.45) is 4.29. The molecule has 1 aliphatic carbocycles. The summed E-state index contributed by atoms with van der Waals surface area (Å²) in [5, 5.41) is 2.20. The van der Waals surface area contributed by atoms with E-state index in [0.717, 1.165) is 19.3 Å². The van der Waals surface area contributed by atoms with E-state index < -0.39 is 10.0 Å². The van der Waals surface area contributed by atoms with E-state index >= 15 is 0 Å². The zero-order valence-electron chi connectivity index (χ0n) is 14.6. The molecule has 1 aromatic heterocycles. The van der Waals surface area contributed by atoms with Crippen molar-refractivity contribution in [1.29, 1.82) is 0 Å². The van der Waals surface area contributed by atoms with Crippen LogP contribution in [0.5, 0.6) is 0 Å². The van der Waals surface area contributed by atoms with Crippen molar-refractivity contribution in [3.63, 3.8) is 0 Å². The summed E-state index contributed by atoms with van der Waals surface area (Å²) < 4.78 is 25.3. The first-order valence-corrected chi connectivity index (χ1v) is 11.5. The Balaban J connectivity index is 1.66. The van der Waals surface area contributed by atoms with Crippen LogP contribution >= 0.6 is 11.3 Å². The van der Waals surface area contributed by atoms with Crippen LogP contribution in [0.2, 0.25) is 0 Å². The van der Waals surface area contributed by atoms with Crippen LogP contribution in [-0.4, -0.2) is 14.7 Å². The minimum absolute atomic E-state index is 0.351. The quantitative estimate of drug-likeness (QED) is 0.716. The average Bonchev–Trinajstić information content (AvgIpc) is 3.01. The number of anilines is 1. The van der Waals surface area contributed by atoms with Gasteiger partial charge in [0.1, 0.15) is 0 Å². The Morgan fingerprint density at radius 3 is 2.54 bits per heavy atom. The summed E-state index contributed by atoms with van der Waals surface area (Å²) in [4.78, 5) is 1.49.